The Balaban J connectivity index is 1.88. The van der Waals surface area contributed by atoms with Crippen LogP contribution in [0.15, 0.2) is 48.2 Å². The summed E-state index contributed by atoms with van der Waals surface area (Å²) in [6.45, 7) is 0. The lowest BCUT2D eigenvalue weighted by Gasteiger charge is -2.21. The van der Waals surface area contributed by atoms with Crippen LogP contribution in [-0.2, 0) is 4.79 Å². The molecule has 24 heavy (non-hydrogen) atoms. The molecule has 122 valence electrons. The largest absolute Gasteiger partial charge is 0.497 e. The van der Waals surface area contributed by atoms with Crippen LogP contribution in [0.3, 0.4) is 0 Å². The number of rotatable bonds is 3. The van der Waals surface area contributed by atoms with Gasteiger partial charge in [0.05, 0.1) is 28.5 Å². The third-order valence-electron chi connectivity index (χ3n) is 3.47. The van der Waals surface area contributed by atoms with Crippen LogP contribution in [0.25, 0.3) is 0 Å². The number of benzene rings is 2. The van der Waals surface area contributed by atoms with Crippen molar-refractivity contribution in [2.45, 2.75) is 0 Å². The summed E-state index contributed by atoms with van der Waals surface area (Å²) >= 11 is 11.9. The molecule has 2 aromatic rings. The van der Waals surface area contributed by atoms with Crippen LogP contribution < -0.4 is 15.4 Å². The Bertz CT molecular complexity index is 861. The van der Waals surface area contributed by atoms with Gasteiger partial charge in [0.1, 0.15) is 11.4 Å². The second-order valence-corrected chi connectivity index (χ2v) is 5.86. The molecule has 0 aromatic heterocycles. The molecule has 7 heteroatoms. The van der Waals surface area contributed by atoms with Gasteiger partial charge in [-0.05, 0) is 36.4 Å². The maximum absolute atomic E-state index is 12.3. The number of carbonyl (C=O) groups excluding carboxylic acids is 2. The van der Waals surface area contributed by atoms with E-state index in [1.807, 2.05) is 0 Å². The lowest BCUT2D eigenvalue weighted by molar-refractivity contribution is -0.112. The molecule has 3 rings (SSSR count). The van der Waals surface area contributed by atoms with Crippen molar-refractivity contribution in [2.24, 2.45) is 0 Å². The zero-order valence-electron chi connectivity index (χ0n) is 12.5. The first-order valence-corrected chi connectivity index (χ1v) is 7.71. The highest BCUT2D eigenvalue weighted by Gasteiger charge is 2.22. The molecule has 2 N–H and O–H groups in total. The van der Waals surface area contributed by atoms with Crippen LogP contribution in [0.2, 0.25) is 10.0 Å². The number of allylic oxidation sites excluding steroid dienone is 1. The van der Waals surface area contributed by atoms with Gasteiger partial charge in [0.2, 0.25) is 0 Å². The normalized spacial score (nSPS) is 14.6. The number of anilines is 2. The zero-order valence-corrected chi connectivity index (χ0v) is 14.0. The van der Waals surface area contributed by atoms with Crippen molar-refractivity contribution >= 4 is 46.3 Å². The molecule has 2 aromatic carbocycles. The molecular formula is C17H12Cl2N2O3. The standard InChI is InChI=1S/C17H12Cl2N2O3/c1-24-10-4-2-9(3-5-10)16(22)8-15-17(23)21-14-7-12(19)11(18)6-13(14)20-15/h2-8,20H,1H3,(H,21,23)/b15-8-. The Morgan fingerprint density at radius 3 is 2.21 bits per heavy atom. The van der Waals surface area contributed by atoms with E-state index in [4.69, 9.17) is 27.9 Å². The van der Waals surface area contributed by atoms with Gasteiger partial charge in [-0.2, -0.15) is 0 Å². The van der Waals surface area contributed by atoms with E-state index in [9.17, 15) is 9.59 Å². The summed E-state index contributed by atoms with van der Waals surface area (Å²) in [5.74, 6) is -0.0882. The molecule has 1 aliphatic rings. The van der Waals surface area contributed by atoms with Crippen molar-refractivity contribution in [3.05, 3.63) is 63.8 Å². The Kier molecular flexibility index (Phi) is 4.46. The van der Waals surface area contributed by atoms with E-state index in [0.29, 0.717) is 32.7 Å². The molecule has 0 bridgehead atoms. The minimum Gasteiger partial charge on any atom is -0.497 e. The summed E-state index contributed by atoms with van der Waals surface area (Å²) in [5.41, 5.74) is 1.64. The summed E-state index contributed by atoms with van der Waals surface area (Å²) in [4.78, 5) is 24.4. The highest BCUT2D eigenvalue weighted by atomic mass is 35.5. The summed E-state index contributed by atoms with van der Waals surface area (Å²) in [6.07, 6.45) is 1.24. The third kappa shape index (κ3) is 3.22. The van der Waals surface area contributed by atoms with Gasteiger partial charge < -0.3 is 15.4 Å². The third-order valence-corrected chi connectivity index (χ3v) is 4.19. The number of fused-ring (bicyclic) bond motifs is 1. The molecule has 0 unspecified atom stereocenters. The van der Waals surface area contributed by atoms with Crippen molar-refractivity contribution in [3.8, 4) is 5.75 Å². The predicted molar refractivity (Wildman–Crippen MR) is 94.1 cm³/mol. The quantitative estimate of drug-likeness (QED) is 0.636. The molecule has 0 aliphatic carbocycles. The average molecular weight is 363 g/mol. The molecular weight excluding hydrogens is 351 g/mol. The zero-order chi connectivity index (χ0) is 17.3. The van der Waals surface area contributed by atoms with Gasteiger partial charge in [0.25, 0.3) is 5.91 Å². The molecule has 0 spiro atoms. The number of halogens is 2. The Morgan fingerprint density at radius 1 is 1.04 bits per heavy atom. The first-order valence-electron chi connectivity index (χ1n) is 6.95. The lowest BCUT2D eigenvalue weighted by atomic mass is 10.1. The first kappa shape index (κ1) is 16.4. The summed E-state index contributed by atoms with van der Waals surface area (Å²) < 4.78 is 5.05. The predicted octanol–water partition coefficient (Wildman–Crippen LogP) is 4.13. The molecule has 0 atom stereocenters. The van der Waals surface area contributed by atoms with Crippen molar-refractivity contribution in [3.63, 3.8) is 0 Å². The minimum absolute atomic E-state index is 0.127. The van der Waals surface area contributed by atoms with Gasteiger partial charge >= 0.3 is 0 Å². The first-order chi connectivity index (χ1) is 11.5. The van der Waals surface area contributed by atoms with Gasteiger partial charge in [0.15, 0.2) is 5.78 Å². The maximum Gasteiger partial charge on any atom is 0.272 e. The molecule has 1 amide bonds. The van der Waals surface area contributed by atoms with Crippen molar-refractivity contribution in [1.82, 2.24) is 0 Å². The van der Waals surface area contributed by atoms with E-state index in [1.54, 1.807) is 43.5 Å². The average Bonchev–Trinajstić information content (AvgIpc) is 2.57. The monoisotopic (exact) mass is 362 g/mol. The second-order valence-electron chi connectivity index (χ2n) is 5.04. The second kappa shape index (κ2) is 6.55. The number of amides is 1. The van der Waals surface area contributed by atoms with Gasteiger partial charge in [0, 0.05) is 11.6 Å². The number of carbonyl (C=O) groups is 2. The van der Waals surface area contributed by atoms with E-state index in [2.05, 4.69) is 10.6 Å². The van der Waals surface area contributed by atoms with Crippen LogP contribution in [0.5, 0.6) is 5.75 Å². The number of methoxy groups -OCH3 is 1. The van der Waals surface area contributed by atoms with Gasteiger partial charge in [-0.15, -0.1) is 0 Å². The smallest absolute Gasteiger partial charge is 0.272 e. The fourth-order valence-corrected chi connectivity index (χ4v) is 2.54. The summed E-state index contributed by atoms with van der Waals surface area (Å²) in [5, 5.41) is 6.25. The topological polar surface area (TPSA) is 67.4 Å². The van der Waals surface area contributed by atoms with Crippen LogP contribution in [0, 0.1) is 0 Å². The van der Waals surface area contributed by atoms with Crippen LogP contribution in [0.4, 0.5) is 11.4 Å². The Hall–Kier alpha value is -2.50. The van der Waals surface area contributed by atoms with E-state index in [-0.39, 0.29) is 11.5 Å². The van der Waals surface area contributed by atoms with Gasteiger partial charge in [-0.3, -0.25) is 9.59 Å². The lowest BCUT2D eigenvalue weighted by Crippen LogP contribution is -2.26. The van der Waals surface area contributed by atoms with E-state index >= 15 is 0 Å². The fraction of sp³-hybridized carbons (Fsp3) is 0.0588. The molecule has 0 radical (unpaired) electrons. The number of hydrogen-bond donors (Lipinski definition) is 2. The van der Waals surface area contributed by atoms with E-state index < -0.39 is 5.91 Å². The van der Waals surface area contributed by atoms with Crippen molar-refractivity contribution in [1.29, 1.82) is 0 Å². The number of nitrogens with one attached hydrogen (secondary N) is 2. The fourth-order valence-electron chi connectivity index (χ4n) is 2.22. The molecule has 0 saturated carbocycles. The van der Waals surface area contributed by atoms with Gasteiger partial charge in [-0.1, -0.05) is 23.2 Å². The van der Waals surface area contributed by atoms with Gasteiger partial charge in [-0.25, -0.2) is 0 Å². The number of ketones is 1. The van der Waals surface area contributed by atoms with E-state index in [0.717, 1.165) is 0 Å². The SMILES string of the molecule is COc1ccc(C(=O)/C=C2\Nc3cc(Cl)c(Cl)cc3NC2=O)cc1. The van der Waals surface area contributed by atoms with Crippen LogP contribution >= 0.6 is 23.2 Å². The van der Waals surface area contributed by atoms with Crippen LogP contribution in [-0.4, -0.2) is 18.8 Å². The van der Waals surface area contributed by atoms with Crippen molar-refractivity contribution in [2.75, 3.05) is 17.7 Å². The Morgan fingerprint density at radius 2 is 1.62 bits per heavy atom. The summed E-state index contributed by atoms with van der Waals surface area (Å²) in [7, 11) is 1.55. The molecule has 1 heterocycles. The van der Waals surface area contributed by atoms with Crippen molar-refractivity contribution < 1.29 is 14.3 Å². The van der Waals surface area contributed by atoms with Crippen LogP contribution in [0.1, 0.15) is 10.4 Å². The molecule has 0 saturated heterocycles. The minimum atomic E-state index is -0.428. The number of ether oxygens (including phenoxy) is 1. The Labute approximate surface area is 148 Å². The maximum atomic E-state index is 12.3. The van der Waals surface area contributed by atoms with E-state index in [1.165, 1.54) is 6.08 Å². The summed E-state index contributed by atoms with van der Waals surface area (Å²) in [6, 6.07) is 9.75. The molecule has 5 nitrogen and oxygen atoms in total. The number of hydrogen-bond acceptors (Lipinski definition) is 4. The molecule has 1 aliphatic heterocycles. The highest BCUT2D eigenvalue weighted by molar-refractivity contribution is 6.42. The molecule has 0 fully saturated rings. The highest BCUT2D eigenvalue weighted by Crippen LogP contribution is 2.35.